The predicted octanol–water partition coefficient (Wildman–Crippen LogP) is 4.87. The van der Waals surface area contributed by atoms with Gasteiger partial charge in [-0.25, -0.2) is 9.97 Å². The second-order valence-electron chi connectivity index (χ2n) is 9.74. The van der Waals surface area contributed by atoms with Gasteiger partial charge < -0.3 is 9.80 Å². The van der Waals surface area contributed by atoms with Gasteiger partial charge in [-0.2, -0.15) is 9.78 Å². The van der Waals surface area contributed by atoms with Gasteiger partial charge in [0.2, 0.25) is 0 Å². The van der Waals surface area contributed by atoms with E-state index in [1.165, 1.54) is 24.1 Å². The number of benzene rings is 1. The minimum Gasteiger partial charge on any atom is -0.371 e. The number of fused-ring (bicyclic) bond motifs is 1. The second kappa shape index (κ2) is 8.80. The van der Waals surface area contributed by atoms with E-state index in [1.807, 2.05) is 43.1 Å². The van der Waals surface area contributed by atoms with Crippen LogP contribution in [0.2, 0.25) is 0 Å². The predicted molar refractivity (Wildman–Crippen MR) is 137 cm³/mol. The van der Waals surface area contributed by atoms with E-state index in [0.717, 1.165) is 42.7 Å². The molecule has 4 heterocycles. The third-order valence-electron chi connectivity index (χ3n) is 7.12. The molecule has 0 radical (unpaired) electrons. The number of carbonyl (C=O) groups is 1. The van der Waals surface area contributed by atoms with Crippen LogP contribution in [0.3, 0.4) is 0 Å². The van der Waals surface area contributed by atoms with Crippen LogP contribution in [0, 0.1) is 6.92 Å². The molecule has 35 heavy (non-hydrogen) atoms. The summed E-state index contributed by atoms with van der Waals surface area (Å²) in [5, 5.41) is 5.56. The van der Waals surface area contributed by atoms with Gasteiger partial charge in [0.05, 0.1) is 16.6 Å². The fourth-order valence-corrected chi connectivity index (χ4v) is 5.15. The van der Waals surface area contributed by atoms with Crippen LogP contribution >= 0.6 is 0 Å². The van der Waals surface area contributed by atoms with Gasteiger partial charge in [-0.1, -0.05) is 24.3 Å². The summed E-state index contributed by atoms with van der Waals surface area (Å²) in [6.45, 7) is 4.66. The van der Waals surface area contributed by atoms with E-state index < -0.39 is 0 Å². The first-order valence-corrected chi connectivity index (χ1v) is 12.5. The van der Waals surface area contributed by atoms with E-state index in [2.05, 4.69) is 34.1 Å². The number of aryl methyl sites for hydroxylation is 1. The summed E-state index contributed by atoms with van der Waals surface area (Å²) in [4.78, 5) is 27.6. The molecular weight excluding hydrogens is 436 g/mol. The maximum absolute atomic E-state index is 13.9. The standard InChI is InChI=1S/C28H30N6O/c1-19-26-22(28(35)32(2)18-21-9-3-4-10-24(21)33-15-7-8-16-33)17-23(20-12-13-20)30-27(26)34(31-19)25-11-5-6-14-29-25/h3-6,9-11,14,17,20H,7-8,12-13,15-16,18H2,1-2H3. The van der Waals surface area contributed by atoms with E-state index >= 15 is 0 Å². The maximum atomic E-state index is 13.9. The zero-order valence-corrected chi connectivity index (χ0v) is 20.3. The van der Waals surface area contributed by atoms with Crippen LogP contribution < -0.4 is 4.90 Å². The van der Waals surface area contributed by atoms with E-state index in [4.69, 9.17) is 10.1 Å². The number of rotatable bonds is 6. The molecule has 178 valence electrons. The van der Waals surface area contributed by atoms with Gasteiger partial charge in [0.1, 0.15) is 0 Å². The number of para-hydroxylation sites is 1. The van der Waals surface area contributed by atoms with Gasteiger partial charge in [-0.3, -0.25) is 4.79 Å². The van der Waals surface area contributed by atoms with Gasteiger partial charge in [0.25, 0.3) is 5.91 Å². The number of pyridine rings is 2. The molecule has 0 atom stereocenters. The maximum Gasteiger partial charge on any atom is 0.254 e. The molecule has 1 aromatic carbocycles. The van der Waals surface area contributed by atoms with Crippen molar-refractivity contribution >= 4 is 22.6 Å². The Kier molecular flexibility index (Phi) is 5.47. The lowest BCUT2D eigenvalue weighted by atomic mass is 10.1. The number of aromatic nitrogens is 4. The fourth-order valence-electron chi connectivity index (χ4n) is 5.15. The summed E-state index contributed by atoms with van der Waals surface area (Å²) >= 11 is 0. The average molecular weight is 467 g/mol. The fraction of sp³-hybridized carbons (Fsp3) is 0.357. The largest absolute Gasteiger partial charge is 0.371 e. The van der Waals surface area contributed by atoms with Gasteiger partial charge in [0.15, 0.2) is 11.5 Å². The summed E-state index contributed by atoms with van der Waals surface area (Å²) in [5.74, 6) is 1.12. The van der Waals surface area contributed by atoms with Crippen LogP contribution in [-0.4, -0.2) is 50.7 Å². The molecule has 0 spiro atoms. The first-order chi connectivity index (χ1) is 17.1. The molecule has 4 aromatic rings. The lowest BCUT2D eigenvalue weighted by molar-refractivity contribution is 0.0787. The minimum absolute atomic E-state index is 0.000745. The monoisotopic (exact) mass is 466 g/mol. The first-order valence-electron chi connectivity index (χ1n) is 12.5. The molecule has 7 heteroatoms. The van der Waals surface area contributed by atoms with E-state index in [-0.39, 0.29) is 5.91 Å². The summed E-state index contributed by atoms with van der Waals surface area (Å²) in [7, 11) is 1.89. The minimum atomic E-state index is -0.000745. The van der Waals surface area contributed by atoms with E-state index in [1.54, 1.807) is 10.9 Å². The van der Waals surface area contributed by atoms with Crippen molar-refractivity contribution in [1.29, 1.82) is 0 Å². The highest BCUT2D eigenvalue weighted by molar-refractivity contribution is 6.06. The SMILES string of the molecule is Cc1nn(-c2ccccn2)c2nc(C3CC3)cc(C(=O)N(C)Cc3ccccc3N3CCCC3)c12. The molecule has 0 N–H and O–H groups in total. The summed E-state index contributed by atoms with van der Waals surface area (Å²) in [5.41, 5.74) is 5.57. The Morgan fingerprint density at radius 3 is 2.60 bits per heavy atom. The van der Waals surface area contributed by atoms with Crippen LogP contribution in [0.25, 0.3) is 16.9 Å². The molecule has 0 bridgehead atoms. The highest BCUT2D eigenvalue weighted by atomic mass is 16.2. The Bertz CT molecular complexity index is 1390. The third kappa shape index (κ3) is 4.05. The van der Waals surface area contributed by atoms with Crippen molar-refractivity contribution in [2.24, 2.45) is 0 Å². The lowest BCUT2D eigenvalue weighted by Gasteiger charge is -2.25. The van der Waals surface area contributed by atoms with Crippen molar-refractivity contribution in [1.82, 2.24) is 24.6 Å². The van der Waals surface area contributed by atoms with Crippen LogP contribution in [-0.2, 0) is 6.54 Å². The number of hydrogen-bond donors (Lipinski definition) is 0. The molecule has 3 aromatic heterocycles. The number of anilines is 1. The van der Waals surface area contributed by atoms with E-state index in [9.17, 15) is 4.79 Å². The van der Waals surface area contributed by atoms with Crippen molar-refractivity contribution < 1.29 is 4.79 Å². The summed E-state index contributed by atoms with van der Waals surface area (Å²) < 4.78 is 1.77. The summed E-state index contributed by atoms with van der Waals surface area (Å²) in [6.07, 6.45) is 6.42. The summed E-state index contributed by atoms with van der Waals surface area (Å²) in [6, 6.07) is 16.2. The molecule has 1 saturated carbocycles. The van der Waals surface area contributed by atoms with Crippen molar-refractivity contribution in [2.75, 3.05) is 25.0 Å². The van der Waals surface area contributed by atoms with Crippen LogP contribution in [0.1, 0.15) is 58.9 Å². The Morgan fingerprint density at radius 2 is 1.86 bits per heavy atom. The van der Waals surface area contributed by atoms with E-state index in [0.29, 0.717) is 29.5 Å². The molecule has 6 rings (SSSR count). The Morgan fingerprint density at radius 1 is 1.09 bits per heavy atom. The number of amides is 1. The second-order valence-corrected chi connectivity index (χ2v) is 9.74. The highest BCUT2D eigenvalue weighted by Gasteiger charge is 2.30. The molecule has 1 aliphatic carbocycles. The Labute approximate surface area is 205 Å². The van der Waals surface area contributed by atoms with Crippen LogP contribution in [0.5, 0.6) is 0 Å². The normalized spacial score (nSPS) is 15.7. The van der Waals surface area contributed by atoms with Gasteiger partial charge in [-0.15, -0.1) is 0 Å². The topological polar surface area (TPSA) is 67.2 Å². The Balaban J connectivity index is 1.39. The molecule has 0 unspecified atom stereocenters. The zero-order chi connectivity index (χ0) is 23.9. The van der Waals surface area contributed by atoms with Gasteiger partial charge in [-0.05, 0) is 62.4 Å². The smallest absolute Gasteiger partial charge is 0.254 e. The Hall–Kier alpha value is -3.74. The highest BCUT2D eigenvalue weighted by Crippen LogP contribution is 2.41. The number of carbonyl (C=O) groups excluding carboxylic acids is 1. The molecule has 2 fully saturated rings. The zero-order valence-electron chi connectivity index (χ0n) is 20.3. The molecule has 1 aliphatic heterocycles. The van der Waals surface area contributed by atoms with Crippen molar-refractivity contribution in [2.45, 2.75) is 45.1 Å². The molecule has 2 aliphatic rings. The average Bonchev–Trinajstić information content (AvgIpc) is 3.49. The number of hydrogen-bond acceptors (Lipinski definition) is 5. The van der Waals surface area contributed by atoms with Crippen molar-refractivity contribution in [3.63, 3.8) is 0 Å². The lowest BCUT2D eigenvalue weighted by Crippen LogP contribution is -2.28. The molecule has 1 amide bonds. The van der Waals surface area contributed by atoms with Gasteiger partial charge >= 0.3 is 0 Å². The van der Waals surface area contributed by atoms with Gasteiger partial charge in [0, 0.05) is 50.2 Å². The molecular formula is C28H30N6O. The molecule has 1 saturated heterocycles. The quantitative estimate of drug-likeness (QED) is 0.405. The number of nitrogens with zero attached hydrogens (tertiary/aromatic N) is 6. The van der Waals surface area contributed by atoms with Crippen molar-refractivity contribution in [3.8, 4) is 5.82 Å². The third-order valence-corrected chi connectivity index (χ3v) is 7.12. The van der Waals surface area contributed by atoms with Crippen LogP contribution in [0.4, 0.5) is 5.69 Å². The first kappa shape index (κ1) is 21.8. The van der Waals surface area contributed by atoms with Crippen molar-refractivity contribution in [3.05, 3.63) is 77.2 Å². The van der Waals surface area contributed by atoms with Crippen LogP contribution in [0.15, 0.2) is 54.7 Å². The molecule has 7 nitrogen and oxygen atoms in total.